The molecule has 0 saturated heterocycles. The summed E-state index contributed by atoms with van der Waals surface area (Å²) in [6.07, 6.45) is 5.33. The van der Waals surface area contributed by atoms with E-state index in [0.717, 1.165) is 29.5 Å². The molecule has 4 aromatic rings. The molecule has 0 radical (unpaired) electrons. The largest absolute Gasteiger partial charge is 0.349 e. The lowest BCUT2D eigenvalue weighted by atomic mass is 9.94. The van der Waals surface area contributed by atoms with Gasteiger partial charge in [0.05, 0.1) is 26.9 Å². The smallest absolute Gasteiger partial charge is 0.106 e. The molecule has 0 fully saturated rings. The number of fused-ring (bicyclic) bond motifs is 4. The van der Waals surface area contributed by atoms with E-state index in [2.05, 4.69) is 67.5 Å². The molecule has 0 N–H and O–H groups in total. The summed E-state index contributed by atoms with van der Waals surface area (Å²) in [6, 6.07) is 8.44. The number of benzene rings is 2. The number of thiazole rings is 1. The zero-order chi connectivity index (χ0) is 17.8. The van der Waals surface area contributed by atoms with Crippen LogP contribution in [0, 0.1) is 0 Å². The van der Waals surface area contributed by atoms with Crippen LogP contribution in [0.3, 0.4) is 0 Å². The molecule has 0 atom stereocenters. The van der Waals surface area contributed by atoms with E-state index in [1.807, 2.05) is 5.51 Å². The Kier molecular flexibility index (Phi) is 3.48. The normalized spacial score (nSPS) is 13.6. The minimum Gasteiger partial charge on any atom is -0.349 e. The minimum atomic E-state index is 0.973. The third-order valence-electron chi connectivity index (χ3n) is 5.15. The monoisotopic (exact) mass is 360 g/mol. The molecule has 0 amide bonds. The molecule has 3 heterocycles. The van der Waals surface area contributed by atoms with Crippen molar-refractivity contribution in [3.63, 3.8) is 0 Å². The Bertz CT molecular complexity index is 1190. The summed E-state index contributed by atoms with van der Waals surface area (Å²) in [5, 5.41) is 2.44. The Balaban J connectivity index is 1.98. The van der Waals surface area contributed by atoms with E-state index in [0.29, 0.717) is 0 Å². The second kappa shape index (κ2) is 5.76. The summed E-state index contributed by atoms with van der Waals surface area (Å²) in [6.45, 7) is 0.997. The summed E-state index contributed by atoms with van der Waals surface area (Å²) in [7, 11) is 6.34. The molecular weight excluding hydrogens is 340 g/mol. The molecule has 5 heteroatoms. The molecule has 0 saturated carbocycles. The van der Waals surface area contributed by atoms with Crippen LogP contribution >= 0.6 is 11.3 Å². The van der Waals surface area contributed by atoms with Crippen LogP contribution in [0.4, 0.5) is 5.69 Å². The Labute approximate surface area is 156 Å². The van der Waals surface area contributed by atoms with Gasteiger partial charge in [-0.15, -0.1) is 11.3 Å². The summed E-state index contributed by atoms with van der Waals surface area (Å²) < 4.78 is 1.27. The standard InChI is InChI=1S/C21H20N4S/c1-24(2)10-8-15-18-17-14(13-6-4-5-7-16(13)23-18)9-11-25(3)20(17)19-21(15)26-12-22-19/h4-7,9,11-12H,8,10H2,1-3H3. The van der Waals surface area contributed by atoms with Gasteiger partial charge in [-0.2, -0.15) is 0 Å². The van der Waals surface area contributed by atoms with Crippen molar-refractivity contribution in [3.8, 4) is 0 Å². The highest BCUT2D eigenvalue weighted by atomic mass is 32.1. The van der Waals surface area contributed by atoms with Crippen LogP contribution in [0.15, 0.2) is 36.0 Å². The molecule has 2 aromatic carbocycles. The predicted molar refractivity (Wildman–Crippen MR) is 112 cm³/mol. The first-order chi connectivity index (χ1) is 12.6. The number of aromatic nitrogens is 2. The molecule has 1 aliphatic rings. The Morgan fingerprint density at radius 2 is 2.00 bits per heavy atom. The van der Waals surface area contributed by atoms with Crippen molar-refractivity contribution < 1.29 is 0 Å². The average molecular weight is 360 g/mol. The van der Waals surface area contributed by atoms with Crippen molar-refractivity contribution in [3.05, 3.63) is 47.1 Å². The molecule has 0 aliphatic carbocycles. The van der Waals surface area contributed by atoms with E-state index < -0.39 is 0 Å². The average Bonchev–Trinajstić information content (AvgIpc) is 3.11. The third kappa shape index (κ3) is 2.17. The van der Waals surface area contributed by atoms with E-state index in [1.165, 1.54) is 32.3 Å². The SMILES string of the molecule is CN(C)CCc1c2nc3ccccc3c3c2c(c2ncsc12)N(C)C=C3. The first-order valence-corrected chi connectivity index (χ1v) is 9.69. The second-order valence-electron chi connectivity index (χ2n) is 7.10. The van der Waals surface area contributed by atoms with Crippen molar-refractivity contribution in [2.45, 2.75) is 6.42 Å². The van der Waals surface area contributed by atoms with Crippen LogP contribution in [0.5, 0.6) is 0 Å². The zero-order valence-electron chi connectivity index (χ0n) is 15.2. The van der Waals surface area contributed by atoms with Gasteiger partial charge in [0, 0.05) is 30.6 Å². The predicted octanol–water partition coefficient (Wildman–Crippen LogP) is 4.52. The van der Waals surface area contributed by atoms with Crippen molar-refractivity contribution in [2.24, 2.45) is 0 Å². The van der Waals surface area contributed by atoms with E-state index in [1.54, 1.807) is 11.3 Å². The molecular formula is C21H20N4S. The van der Waals surface area contributed by atoms with E-state index in [9.17, 15) is 0 Å². The number of pyridine rings is 1. The van der Waals surface area contributed by atoms with Gasteiger partial charge in [0.2, 0.25) is 0 Å². The first kappa shape index (κ1) is 15.7. The van der Waals surface area contributed by atoms with Gasteiger partial charge in [-0.25, -0.2) is 9.97 Å². The summed E-state index contributed by atoms with van der Waals surface area (Å²) in [5.41, 5.74) is 9.02. The van der Waals surface area contributed by atoms with Gasteiger partial charge in [-0.3, -0.25) is 0 Å². The van der Waals surface area contributed by atoms with Crippen LogP contribution < -0.4 is 4.90 Å². The van der Waals surface area contributed by atoms with Gasteiger partial charge in [0.15, 0.2) is 0 Å². The van der Waals surface area contributed by atoms with Gasteiger partial charge < -0.3 is 9.80 Å². The lowest BCUT2D eigenvalue weighted by Gasteiger charge is -2.25. The molecule has 0 spiro atoms. The Hall–Kier alpha value is -2.50. The molecule has 4 nitrogen and oxygen atoms in total. The van der Waals surface area contributed by atoms with Gasteiger partial charge in [-0.1, -0.05) is 18.2 Å². The fourth-order valence-corrected chi connectivity index (χ4v) is 4.76. The maximum absolute atomic E-state index is 5.12. The third-order valence-corrected chi connectivity index (χ3v) is 6.03. The highest BCUT2D eigenvalue weighted by Crippen LogP contribution is 2.44. The number of hydrogen-bond donors (Lipinski definition) is 0. The van der Waals surface area contributed by atoms with Crippen LogP contribution in [-0.4, -0.2) is 42.6 Å². The first-order valence-electron chi connectivity index (χ1n) is 8.81. The van der Waals surface area contributed by atoms with Crippen molar-refractivity contribution in [1.29, 1.82) is 0 Å². The Morgan fingerprint density at radius 1 is 1.15 bits per heavy atom. The van der Waals surface area contributed by atoms with Crippen molar-refractivity contribution in [1.82, 2.24) is 14.9 Å². The Morgan fingerprint density at radius 3 is 2.85 bits per heavy atom. The highest BCUT2D eigenvalue weighted by Gasteiger charge is 2.24. The minimum absolute atomic E-state index is 0.973. The van der Waals surface area contributed by atoms with Gasteiger partial charge >= 0.3 is 0 Å². The summed E-state index contributed by atoms with van der Waals surface area (Å²) in [4.78, 5) is 14.3. The molecule has 130 valence electrons. The highest BCUT2D eigenvalue weighted by molar-refractivity contribution is 7.17. The van der Waals surface area contributed by atoms with E-state index >= 15 is 0 Å². The number of hydrogen-bond acceptors (Lipinski definition) is 5. The number of likely N-dealkylation sites (N-methyl/N-ethyl adjacent to an activating group) is 1. The zero-order valence-corrected chi connectivity index (χ0v) is 16.0. The number of anilines is 1. The van der Waals surface area contributed by atoms with E-state index in [-0.39, 0.29) is 0 Å². The number of para-hydroxylation sites is 1. The molecule has 26 heavy (non-hydrogen) atoms. The van der Waals surface area contributed by atoms with Crippen molar-refractivity contribution in [2.75, 3.05) is 32.6 Å². The van der Waals surface area contributed by atoms with Crippen molar-refractivity contribution >= 4 is 55.1 Å². The quantitative estimate of drug-likeness (QED) is 0.503. The van der Waals surface area contributed by atoms with Gasteiger partial charge in [0.25, 0.3) is 0 Å². The second-order valence-corrected chi connectivity index (χ2v) is 7.96. The lowest BCUT2D eigenvalue weighted by Crippen LogP contribution is -2.17. The molecule has 0 bridgehead atoms. The number of rotatable bonds is 3. The maximum Gasteiger partial charge on any atom is 0.106 e. The summed E-state index contributed by atoms with van der Waals surface area (Å²) in [5.74, 6) is 0. The molecule has 2 aromatic heterocycles. The summed E-state index contributed by atoms with van der Waals surface area (Å²) >= 11 is 1.73. The number of nitrogens with zero attached hydrogens (tertiary/aromatic N) is 4. The molecule has 1 aliphatic heterocycles. The lowest BCUT2D eigenvalue weighted by molar-refractivity contribution is 0.414. The van der Waals surface area contributed by atoms with Gasteiger partial charge in [0.1, 0.15) is 5.52 Å². The molecule has 5 rings (SSSR count). The van der Waals surface area contributed by atoms with Gasteiger partial charge in [-0.05, 0) is 43.8 Å². The van der Waals surface area contributed by atoms with Crippen LogP contribution in [0.2, 0.25) is 0 Å². The molecule has 0 unspecified atom stereocenters. The fourth-order valence-electron chi connectivity index (χ4n) is 3.90. The fraction of sp³-hybridized carbons (Fsp3) is 0.238. The topological polar surface area (TPSA) is 32.3 Å². The maximum atomic E-state index is 5.12. The van der Waals surface area contributed by atoms with Crippen LogP contribution in [0.1, 0.15) is 11.1 Å². The van der Waals surface area contributed by atoms with Crippen LogP contribution in [-0.2, 0) is 6.42 Å². The van der Waals surface area contributed by atoms with Crippen LogP contribution in [0.25, 0.3) is 38.1 Å². The van der Waals surface area contributed by atoms with E-state index in [4.69, 9.17) is 9.97 Å².